The number of hydrogen-bond acceptors (Lipinski definition) is 5. The summed E-state index contributed by atoms with van der Waals surface area (Å²) in [6.07, 6.45) is 7.39. The Morgan fingerprint density at radius 2 is 1.93 bits per heavy atom. The molecule has 1 aliphatic heterocycles. The lowest BCUT2D eigenvalue weighted by atomic mass is 10.2. The molecule has 2 heterocycles. The first-order valence-corrected chi connectivity index (χ1v) is 7.37. The Morgan fingerprint density at radius 3 is 2.53 bits per heavy atom. The normalized spacial score (nSPS) is 17.8. The van der Waals surface area contributed by atoms with Crippen LogP contribution in [0.4, 0.5) is 10.8 Å². The zero-order chi connectivity index (χ0) is 10.7. The predicted octanol–water partition coefficient (Wildman–Crippen LogP) is 2.83. The molecule has 0 saturated carbocycles. The van der Waals surface area contributed by atoms with E-state index in [4.69, 9.17) is 5.73 Å². The van der Waals surface area contributed by atoms with Gasteiger partial charge >= 0.3 is 0 Å². The first-order valence-electron chi connectivity index (χ1n) is 5.37. The molecular weight excluding hydrogens is 226 g/mol. The molecule has 0 bridgehead atoms. The van der Waals surface area contributed by atoms with Crippen molar-refractivity contribution in [2.24, 2.45) is 0 Å². The van der Waals surface area contributed by atoms with E-state index in [-0.39, 0.29) is 0 Å². The fraction of sp³-hybridized carbons (Fsp3) is 0.700. The van der Waals surface area contributed by atoms with Gasteiger partial charge in [-0.3, -0.25) is 0 Å². The molecule has 0 aliphatic carbocycles. The standard InChI is InChI=1S/C10H17N3S2/c1-14-8-9(11)12-15-10(8)13-6-4-2-3-5-7-13/h2-7H2,1H3,(H2,11,12). The van der Waals surface area contributed by atoms with Gasteiger partial charge in [0.05, 0.1) is 4.90 Å². The highest BCUT2D eigenvalue weighted by atomic mass is 32.2. The quantitative estimate of drug-likeness (QED) is 0.811. The van der Waals surface area contributed by atoms with Crippen LogP contribution in [0.1, 0.15) is 25.7 Å². The molecule has 2 rings (SSSR count). The van der Waals surface area contributed by atoms with Crippen molar-refractivity contribution in [3.05, 3.63) is 0 Å². The number of anilines is 2. The molecule has 0 atom stereocenters. The maximum Gasteiger partial charge on any atom is 0.153 e. The number of nitrogens with zero attached hydrogens (tertiary/aromatic N) is 2. The van der Waals surface area contributed by atoms with Gasteiger partial charge in [-0.25, -0.2) is 0 Å². The number of nitrogens with two attached hydrogens (primary N) is 1. The van der Waals surface area contributed by atoms with Gasteiger partial charge in [0.2, 0.25) is 0 Å². The third-order valence-electron chi connectivity index (χ3n) is 2.75. The number of rotatable bonds is 2. The van der Waals surface area contributed by atoms with Gasteiger partial charge in [-0.05, 0) is 30.6 Å². The second kappa shape index (κ2) is 5.07. The minimum Gasteiger partial charge on any atom is -0.382 e. The van der Waals surface area contributed by atoms with Gasteiger partial charge in [-0.2, -0.15) is 4.37 Å². The summed E-state index contributed by atoms with van der Waals surface area (Å²) < 4.78 is 4.25. The molecule has 84 valence electrons. The molecule has 0 amide bonds. The molecule has 1 aromatic heterocycles. The molecule has 0 unspecified atom stereocenters. The summed E-state index contributed by atoms with van der Waals surface area (Å²) in [6.45, 7) is 2.32. The van der Waals surface area contributed by atoms with Crippen LogP contribution in [-0.2, 0) is 0 Å². The van der Waals surface area contributed by atoms with Gasteiger partial charge in [0, 0.05) is 13.1 Å². The molecule has 0 spiro atoms. The monoisotopic (exact) mass is 243 g/mol. The van der Waals surface area contributed by atoms with Crippen molar-refractivity contribution in [2.45, 2.75) is 30.6 Å². The highest BCUT2D eigenvalue weighted by molar-refractivity contribution is 7.99. The van der Waals surface area contributed by atoms with E-state index in [0.29, 0.717) is 5.82 Å². The van der Waals surface area contributed by atoms with Gasteiger partial charge < -0.3 is 10.6 Å². The maximum absolute atomic E-state index is 5.85. The van der Waals surface area contributed by atoms with Gasteiger partial charge in [-0.1, -0.05) is 12.8 Å². The molecule has 15 heavy (non-hydrogen) atoms. The van der Waals surface area contributed by atoms with Crippen molar-refractivity contribution in [3.63, 3.8) is 0 Å². The van der Waals surface area contributed by atoms with Gasteiger partial charge in [0.25, 0.3) is 0 Å². The Kier molecular flexibility index (Phi) is 3.75. The van der Waals surface area contributed by atoms with Crippen molar-refractivity contribution in [1.82, 2.24) is 4.37 Å². The first-order chi connectivity index (χ1) is 7.33. The van der Waals surface area contributed by atoms with Crippen molar-refractivity contribution in [1.29, 1.82) is 0 Å². The van der Waals surface area contributed by atoms with Gasteiger partial charge in [-0.15, -0.1) is 11.8 Å². The minimum absolute atomic E-state index is 0.701. The van der Waals surface area contributed by atoms with E-state index in [1.807, 2.05) is 0 Å². The van der Waals surface area contributed by atoms with Crippen LogP contribution in [0, 0.1) is 0 Å². The van der Waals surface area contributed by atoms with Crippen LogP contribution in [-0.4, -0.2) is 23.7 Å². The highest BCUT2D eigenvalue weighted by Crippen LogP contribution is 2.38. The lowest BCUT2D eigenvalue weighted by Crippen LogP contribution is -2.23. The molecule has 0 aromatic carbocycles. The summed E-state index contributed by atoms with van der Waals surface area (Å²) in [5, 5.41) is 1.28. The van der Waals surface area contributed by atoms with E-state index in [2.05, 4.69) is 15.5 Å². The Bertz CT molecular complexity index is 316. The van der Waals surface area contributed by atoms with Crippen molar-refractivity contribution >= 4 is 34.1 Å². The number of nitrogen functional groups attached to an aromatic ring is 1. The third-order valence-corrected chi connectivity index (χ3v) is 4.62. The van der Waals surface area contributed by atoms with Crippen LogP contribution in [0.3, 0.4) is 0 Å². The minimum atomic E-state index is 0.701. The summed E-state index contributed by atoms with van der Waals surface area (Å²) in [4.78, 5) is 3.62. The average Bonchev–Trinajstić information content (AvgIpc) is 2.48. The molecule has 1 aliphatic rings. The third kappa shape index (κ3) is 2.39. The first kappa shape index (κ1) is 11.1. The lowest BCUT2D eigenvalue weighted by Gasteiger charge is -2.21. The second-order valence-electron chi connectivity index (χ2n) is 3.81. The van der Waals surface area contributed by atoms with E-state index in [1.54, 1.807) is 23.3 Å². The topological polar surface area (TPSA) is 42.1 Å². The van der Waals surface area contributed by atoms with E-state index < -0.39 is 0 Å². The SMILES string of the molecule is CSc1c(N)nsc1N1CCCCCC1. The smallest absolute Gasteiger partial charge is 0.153 e. The molecule has 1 fully saturated rings. The Balaban J connectivity index is 2.19. The van der Waals surface area contributed by atoms with Crippen LogP contribution in [0.25, 0.3) is 0 Å². The highest BCUT2D eigenvalue weighted by Gasteiger charge is 2.18. The van der Waals surface area contributed by atoms with Crippen LogP contribution in [0.15, 0.2) is 4.90 Å². The maximum atomic E-state index is 5.85. The molecule has 3 nitrogen and oxygen atoms in total. The zero-order valence-electron chi connectivity index (χ0n) is 9.03. The van der Waals surface area contributed by atoms with E-state index in [9.17, 15) is 0 Å². The zero-order valence-corrected chi connectivity index (χ0v) is 10.7. The van der Waals surface area contributed by atoms with Crippen molar-refractivity contribution in [2.75, 3.05) is 30.0 Å². The van der Waals surface area contributed by atoms with Crippen LogP contribution in [0.2, 0.25) is 0 Å². The molecule has 1 aromatic rings. The summed E-state index contributed by atoms with van der Waals surface area (Å²) >= 11 is 3.26. The summed E-state index contributed by atoms with van der Waals surface area (Å²) in [6, 6.07) is 0. The van der Waals surface area contributed by atoms with Crippen molar-refractivity contribution < 1.29 is 0 Å². The molecule has 0 radical (unpaired) electrons. The lowest BCUT2D eigenvalue weighted by molar-refractivity contribution is 0.726. The average molecular weight is 243 g/mol. The second-order valence-corrected chi connectivity index (χ2v) is 5.38. The predicted molar refractivity (Wildman–Crippen MR) is 69.0 cm³/mol. The number of hydrogen-bond donors (Lipinski definition) is 1. The Labute approximate surface area is 99.2 Å². The van der Waals surface area contributed by atoms with Crippen molar-refractivity contribution in [3.8, 4) is 0 Å². The molecule has 1 saturated heterocycles. The molecule has 2 N–H and O–H groups in total. The Hall–Kier alpha value is -0.420. The Morgan fingerprint density at radius 1 is 1.27 bits per heavy atom. The van der Waals surface area contributed by atoms with Crippen LogP contribution >= 0.6 is 23.3 Å². The fourth-order valence-electron chi connectivity index (χ4n) is 1.95. The number of aromatic nitrogens is 1. The summed E-state index contributed by atoms with van der Waals surface area (Å²) in [7, 11) is 0. The van der Waals surface area contributed by atoms with Crippen LogP contribution in [0.5, 0.6) is 0 Å². The van der Waals surface area contributed by atoms with E-state index >= 15 is 0 Å². The van der Waals surface area contributed by atoms with E-state index in [1.165, 1.54) is 35.6 Å². The van der Waals surface area contributed by atoms with Gasteiger partial charge in [0.1, 0.15) is 5.00 Å². The van der Waals surface area contributed by atoms with E-state index in [0.717, 1.165) is 13.1 Å². The largest absolute Gasteiger partial charge is 0.382 e. The fourth-order valence-corrected chi connectivity index (χ4v) is 3.69. The molecule has 5 heteroatoms. The summed E-state index contributed by atoms with van der Waals surface area (Å²) in [5.74, 6) is 0.701. The van der Waals surface area contributed by atoms with Gasteiger partial charge in [0.15, 0.2) is 5.82 Å². The molecular formula is C10H17N3S2. The van der Waals surface area contributed by atoms with Crippen LogP contribution < -0.4 is 10.6 Å². The summed E-state index contributed by atoms with van der Waals surface area (Å²) in [5.41, 5.74) is 5.85. The number of thioether (sulfide) groups is 1.